The fourth-order valence-corrected chi connectivity index (χ4v) is 3.15. The van der Waals surface area contributed by atoms with Crippen LogP contribution in [0.25, 0.3) is 0 Å². The molecule has 0 radical (unpaired) electrons. The maximum Gasteiger partial charge on any atom is 0.256 e. The van der Waals surface area contributed by atoms with Crippen molar-refractivity contribution in [2.75, 3.05) is 30.5 Å². The van der Waals surface area contributed by atoms with Crippen LogP contribution in [0.3, 0.4) is 0 Å². The first-order chi connectivity index (χ1) is 13.6. The number of carbonyl (C=O) groups is 2. The number of imide groups is 1. The van der Waals surface area contributed by atoms with E-state index < -0.39 is 6.04 Å². The molecule has 28 heavy (non-hydrogen) atoms. The molecule has 2 aromatic rings. The number of para-hydroxylation sites is 2. The number of methoxy groups -OCH3 is 1. The number of rotatable bonds is 8. The molecule has 3 rings (SSSR count). The van der Waals surface area contributed by atoms with Gasteiger partial charge in [-0.15, -0.1) is 0 Å². The van der Waals surface area contributed by atoms with Crippen LogP contribution in [-0.4, -0.2) is 38.2 Å². The Bertz CT molecular complexity index is 868. The highest BCUT2D eigenvalue weighted by Crippen LogP contribution is 2.34. The molecular formula is C21H24N2O5. The standard InChI is InChI=1S/C21H24N2O5/c1-4-27-18-11-10-14(12-19(18)28-5-2)22-15-13-20(24)23(21(15)25)16-8-6-7-9-17(16)26-3/h6-12,15,22H,4-5,13H2,1-3H3. The summed E-state index contributed by atoms with van der Waals surface area (Å²) in [5, 5.41) is 3.14. The Morgan fingerprint density at radius 3 is 2.43 bits per heavy atom. The second-order valence-electron chi connectivity index (χ2n) is 6.17. The lowest BCUT2D eigenvalue weighted by Gasteiger charge is -2.19. The van der Waals surface area contributed by atoms with E-state index in [0.29, 0.717) is 41.8 Å². The van der Waals surface area contributed by atoms with Gasteiger partial charge in [-0.1, -0.05) is 12.1 Å². The molecule has 1 N–H and O–H groups in total. The fraction of sp³-hybridized carbons (Fsp3) is 0.333. The molecule has 1 unspecified atom stereocenters. The van der Waals surface area contributed by atoms with Gasteiger partial charge in [0.1, 0.15) is 11.8 Å². The number of hydrogen-bond acceptors (Lipinski definition) is 6. The van der Waals surface area contributed by atoms with E-state index in [4.69, 9.17) is 14.2 Å². The molecule has 1 atom stereocenters. The van der Waals surface area contributed by atoms with Crippen LogP contribution in [0.1, 0.15) is 20.3 Å². The molecular weight excluding hydrogens is 360 g/mol. The van der Waals surface area contributed by atoms with Crippen LogP contribution < -0.4 is 24.4 Å². The van der Waals surface area contributed by atoms with Gasteiger partial charge in [-0.05, 0) is 38.1 Å². The molecule has 1 saturated heterocycles. The van der Waals surface area contributed by atoms with Crippen LogP contribution in [0.15, 0.2) is 42.5 Å². The maximum absolute atomic E-state index is 12.9. The average Bonchev–Trinajstić information content (AvgIpc) is 2.97. The van der Waals surface area contributed by atoms with Gasteiger partial charge >= 0.3 is 0 Å². The number of ether oxygens (including phenoxy) is 3. The molecule has 0 aliphatic carbocycles. The van der Waals surface area contributed by atoms with Crippen LogP contribution in [0, 0.1) is 0 Å². The van der Waals surface area contributed by atoms with Crippen molar-refractivity contribution >= 4 is 23.2 Å². The first-order valence-electron chi connectivity index (χ1n) is 9.25. The molecule has 0 saturated carbocycles. The SMILES string of the molecule is CCOc1ccc(NC2CC(=O)N(c3ccccc3OC)C2=O)cc1OCC. The van der Waals surface area contributed by atoms with E-state index in [2.05, 4.69) is 5.32 Å². The molecule has 1 fully saturated rings. The van der Waals surface area contributed by atoms with Crippen LogP contribution in [0.5, 0.6) is 17.2 Å². The van der Waals surface area contributed by atoms with Crippen molar-refractivity contribution in [3.63, 3.8) is 0 Å². The Hall–Kier alpha value is -3.22. The minimum atomic E-state index is -0.662. The van der Waals surface area contributed by atoms with Crippen molar-refractivity contribution in [2.45, 2.75) is 26.3 Å². The largest absolute Gasteiger partial charge is 0.495 e. The minimum absolute atomic E-state index is 0.0636. The molecule has 2 aromatic carbocycles. The van der Waals surface area contributed by atoms with Gasteiger partial charge in [0.25, 0.3) is 5.91 Å². The van der Waals surface area contributed by atoms with Gasteiger partial charge < -0.3 is 19.5 Å². The molecule has 2 amide bonds. The average molecular weight is 384 g/mol. The van der Waals surface area contributed by atoms with Gasteiger partial charge in [0.15, 0.2) is 11.5 Å². The smallest absolute Gasteiger partial charge is 0.256 e. The van der Waals surface area contributed by atoms with Crippen molar-refractivity contribution in [1.29, 1.82) is 0 Å². The summed E-state index contributed by atoms with van der Waals surface area (Å²) in [5.74, 6) is 1.11. The van der Waals surface area contributed by atoms with E-state index in [0.717, 1.165) is 0 Å². The number of amides is 2. The monoisotopic (exact) mass is 384 g/mol. The van der Waals surface area contributed by atoms with Crippen molar-refractivity contribution < 1.29 is 23.8 Å². The topological polar surface area (TPSA) is 77.1 Å². The van der Waals surface area contributed by atoms with Gasteiger partial charge in [-0.2, -0.15) is 0 Å². The molecule has 0 spiro atoms. The molecule has 7 nitrogen and oxygen atoms in total. The number of hydrogen-bond donors (Lipinski definition) is 1. The summed E-state index contributed by atoms with van der Waals surface area (Å²) in [6.45, 7) is 4.81. The predicted octanol–water partition coefficient (Wildman–Crippen LogP) is 3.24. The van der Waals surface area contributed by atoms with Crippen LogP contribution in [0.4, 0.5) is 11.4 Å². The van der Waals surface area contributed by atoms with Crippen molar-refractivity contribution in [3.05, 3.63) is 42.5 Å². The zero-order chi connectivity index (χ0) is 20.1. The Balaban J connectivity index is 1.81. The summed E-state index contributed by atoms with van der Waals surface area (Å²) in [7, 11) is 1.51. The van der Waals surface area contributed by atoms with Crippen molar-refractivity contribution in [2.24, 2.45) is 0 Å². The highest BCUT2D eigenvalue weighted by Gasteiger charge is 2.40. The number of nitrogens with one attached hydrogen (secondary N) is 1. The normalized spacial score (nSPS) is 16.2. The van der Waals surface area contributed by atoms with Gasteiger partial charge in [0.2, 0.25) is 5.91 Å². The summed E-state index contributed by atoms with van der Waals surface area (Å²) in [6.07, 6.45) is 0.0636. The molecule has 1 aliphatic rings. The van der Waals surface area contributed by atoms with Gasteiger partial charge in [0, 0.05) is 11.8 Å². The van der Waals surface area contributed by atoms with Crippen LogP contribution in [0.2, 0.25) is 0 Å². The van der Waals surface area contributed by atoms with E-state index >= 15 is 0 Å². The fourth-order valence-electron chi connectivity index (χ4n) is 3.15. The lowest BCUT2D eigenvalue weighted by Crippen LogP contribution is -2.35. The quantitative estimate of drug-likeness (QED) is 0.704. The number of nitrogens with zero attached hydrogens (tertiary/aromatic N) is 1. The molecule has 7 heteroatoms. The Kier molecular flexibility index (Phi) is 6.03. The van der Waals surface area contributed by atoms with E-state index in [1.807, 2.05) is 13.8 Å². The van der Waals surface area contributed by atoms with Gasteiger partial charge in [-0.25, -0.2) is 4.90 Å². The van der Waals surface area contributed by atoms with Crippen LogP contribution in [-0.2, 0) is 9.59 Å². The number of carbonyl (C=O) groups excluding carboxylic acids is 2. The number of benzene rings is 2. The Morgan fingerprint density at radius 1 is 1.00 bits per heavy atom. The van der Waals surface area contributed by atoms with Gasteiger partial charge in [-0.3, -0.25) is 9.59 Å². The zero-order valence-electron chi connectivity index (χ0n) is 16.2. The minimum Gasteiger partial charge on any atom is -0.495 e. The van der Waals surface area contributed by atoms with E-state index in [-0.39, 0.29) is 18.2 Å². The second-order valence-corrected chi connectivity index (χ2v) is 6.17. The summed E-state index contributed by atoms with van der Waals surface area (Å²) >= 11 is 0. The third-order valence-corrected chi connectivity index (χ3v) is 4.36. The van der Waals surface area contributed by atoms with Crippen LogP contribution >= 0.6 is 0 Å². The number of anilines is 2. The first-order valence-corrected chi connectivity index (χ1v) is 9.25. The summed E-state index contributed by atoms with van der Waals surface area (Å²) in [5.41, 5.74) is 1.13. The highest BCUT2D eigenvalue weighted by atomic mass is 16.5. The Labute approximate surface area is 164 Å². The summed E-state index contributed by atoms with van der Waals surface area (Å²) in [6, 6.07) is 11.7. The second kappa shape index (κ2) is 8.65. The third kappa shape index (κ3) is 3.88. The molecule has 0 aromatic heterocycles. The van der Waals surface area contributed by atoms with Crippen molar-refractivity contribution in [1.82, 2.24) is 0 Å². The van der Waals surface area contributed by atoms with E-state index in [1.165, 1.54) is 12.0 Å². The summed E-state index contributed by atoms with van der Waals surface area (Å²) < 4.78 is 16.5. The third-order valence-electron chi connectivity index (χ3n) is 4.36. The maximum atomic E-state index is 12.9. The summed E-state index contributed by atoms with van der Waals surface area (Å²) in [4.78, 5) is 26.6. The van der Waals surface area contributed by atoms with E-state index in [1.54, 1.807) is 42.5 Å². The van der Waals surface area contributed by atoms with Gasteiger partial charge in [0.05, 0.1) is 32.4 Å². The zero-order valence-corrected chi connectivity index (χ0v) is 16.2. The molecule has 148 valence electrons. The highest BCUT2D eigenvalue weighted by molar-refractivity contribution is 6.23. The molecule has 1 aliphatic heterocycles. The molecule has 0 bridgehead atoms. The lowest BCUT2D eigenvalue weighted by atomic mass is 10.2. The van der Waals surface area contributed by atoms with Crippen molar-refractivity contribution in [3.8, 4) is 17.2 Å². The molecule has 1 heterocycles. The lowest BCUT2D eigenvalue weighted by molar-refractivity contribution is -0.121. The van der Waals surface area contributed by atoms with E-state index in [9.17, 15) is 9.59 Å². The predicted molar refractivity (Wildman–Crippen MR) is 106 cm³/mol. The Morgan fingerprint density at radius 2 is 1.71 bits per heavy atom. The first kappa shape index (κ1) is 19.5.